The molecule has 6 nitrogen and oxygen atoms in total. The first-order chi connectivity index (χ1) is 17.6. The van der Waals surface area contributed by atoms with E-state index in [1.807, 2.05) is 6.08 Å². The van der Waals surface area contributed by atoms with Crippen molar-refractivity contribution in [2.75, 3.05) is 13.2 Å². The summed E-state index contributed by atoms with van der Waals surface area (Å²) in [6.45, 7) is 4.78. The van der Waals surface area contributed by atoms with E-state index in [1.54, 1.807) is 0 Å². The van der Waals surface area contributed by atoms with Crippen LogP contribution in [0.2, 0.25) is 0 Å². The number of halogens is 3. The van der Waals surface area contributed by atoms with Crippen molar-refractivity contribution in [1.29, 1.82) is 0 Å². The van der Waals surface area contributed by atoms with Gasteiger partial charge in [-0.3, -0.25) is 9.59 Å². The smallest absolute Gasteiger partial charge is 0.333 e. The van der Waals surface area contributed by atoms with Gasteiger partial charge in [-0.2, -0.15) is 0 Å². The average molecular weight is 523 g/mol. The van der Waals surface area contributed by atoms with Crippen LogP contribution in [0.3, 0.4) is 0 Å². The highest BCUT2D eigenvalue weighted by Gasteiger charge is 2.30. The predicted octanol–water partition coefficient (Wildman–Crippen LogP) is 5.70. The summed E-state index contributed by atoms with van der Waals surface area (Å²) in [5, 5.41) is 0. The molecule has 0 saturated heterocycles. The molecule has 2 atom stereocenters. The number of benzene rings is 1. The zero-order valence-corrected chi connectivity index (χ0v) is 21.0. The summed E-state index contributed by atoms with van der Waals surface area (Å²) in [6.07, 6.45) is 8.29. The summed E-state index contributed by atoms with van der Waals surface area (Å²) in [7, 11) is 0. The molecule has 1 unspecified atom stereocenters. The Labute approximate surface area is 214 Å². The molecule has 1 aromatic rings. The van der Waals surface area contributed by atoms with Gasteiger partial charge in [-0.05, 0) is 87.0 Å². The van der Waals surface area contributed by atoms with E-state index in [1.165, 1.54) is 6.92 Å². The predicted molar refractivity (Wildman–Crippen MR) is 129 cm³/mol. The zero-order chi connectivity index (χ0) is 26.9. The van der Waals surface area contributed by atoms with Gasteiger partial charge in [0.15, 0.2) is 17.5 Å². The van der Waals surface area contributed by atoms with Crippen molar-refractivity contribution < 1.29 is 41.8 Å². The van der Waals surface area contributed by atoms with Crippen LogP contribution in [0, 0.1) is 29.3 Å². The van der Waals surface area contributed by atoms with Crippen molar-refractivity contribution in [1.82, 2.24) is 0 Å². The summed E-state index contributed by atoms with van der Waals surface area (Å²) >= 11 is 0. The number of hydrogen-bond acceptors (Lipinski definition) is 6. The number of ether oxygens (including phenoxy) is 3. The lowest BCUT2D eigenvalue weighted by atomic mass is 9.71. The lowest BCUT2D eigenvalue weighted by molar-refractivity contribution is -0.154. The molecule has 0 aromatic heterocycles. The van der Waals surface area contributed by atoms with E-state index in [9.17, 15) is 27.6 Å². The quantitative estimate of drug-likeness (QED) is 0.0980. The molecule has 2 aliphatic rings. The zero-order valence-electron chi connectivity index (χ0n) is 21.0. The Morgan fingerprint density at radius 1 is 0.865 bits per heavy atom. The van der Waals surface area contributed by atoms with Crippen molar-refractivity contribution in [3.05, 3.63) is 59.5 Å². The van der Waals surface area contributed by atoms with Crippen molar-refractivity contribution in [3.63, 3.8) is 0 Å². The van der Waals surface area contributed by atoms with Crippen LogP contribution >= 0.6 is 0 Å². The monoisotopic (exact) mass is 522 g/mol. The van der Waals surface area contributed by atoms with Gasteiger partial charge >= 0.3 is 17.9 Å². The first-order valence-electron chi connectivity index (χ1n) is 12.6. The minimum absolute atomic E-state index is 0.0140. The molecular formula is C28H33F3O6. The molecule has 0 amide bonds. The number of esters is 3. The molecule has 2 aliphatic carbocycles. The van der Waals surface area contributed by atoms with E-state index < -0.39 is 35.4 Å². The standard InChI is InChI=1S/C28H33F3O6/c1-17(2)28(34)36-14-13-35-25(32)11-12-26(33)37-22-9-7-19(8-10-22)18-3-5-20(6-4-18)21-15-23(29)27(31)24(30)16-21/h7,9,15-16,18-20,22H,1,3-6,8,10-14H2,2H3/t18?,19?,20?,22-/m0/s1. The average Bonchev–Trinajstić information content (AvgIpc) is 2.88. The summed E-state index contributed by atoms with van der Waals surface area (Å²) in [5.74, 6) is -4.57. The van der Waals surface area contributed by atoms with Gasteiger partial charge < -0.3 is 14.2 Å². The van der Waals surface area contributed by atoms with E-state index in [0.29, 0.717) is 23.8 Å². The van der Waals surface area contributed by atoms with Gasteiger partial charge in [-0.25, -0.2) is 18.0 Å². The van der Waals surface area contributed by atoms with Crippen LogP contribution in [0.1, 0.15) is 69.8 Å². The van der Waals surface area contributed by atoms with E-state index in [-0.39, 0.29) is 43.7 Å². The van der Waals surface area contributed by atoms with Crippen LogP contribution in [0.5, 0.6) is 0 Å². The molecule has 202 valence electrons. The Morgan fingerprint density at radius 2 is 1.49 bits per heavy atom. The van der Waals surface area contributed by atoms with Crippen LogP contribution in [0.15, 0.2) is 36.4 Å². The van der Waals surface area contributed by atoms with Gasteiger partial charge in [0.25, 0.3) is 0 Å². The third-order valence-corrected chi connectivity index (χ3v) is 6.96. The van der Waals surface area contributed by atoms with Crippen molar-refractivity contribution in [2.24, 2.45) is 11.8 Å². The van der Waals surface area contributed by atoms with Gasteiger partial charge in [0.05, 0.1) is 12.8 Å². The van der Waals surface area contributed by atoms with Gasteiger partial charge in [0, 0.05) is 5.57 Å². The van der Waals surface area contributed by atoms with Crippen LogP contribution in [0.25, 0.3) is 0 Å². The Balaban J connectivity index is 1.34. The number of hydrogen-bond donors (Lipinski definition) is 0. The fraction of sp³-hybridized carbons (Fsp3) is 0.536. The fourth-order valence-corrected chi connectivity index (χ4v) is 4.92. The van der Waals surface area contributed by atoms with Crippen LogP contribution in [-0.4, -0.2) is 37.2 Å². The van der Waals surface area contributed by atoms with Crippen molar-refractivity contribution in [3.8, 4) is 0 Å². The van der Waals surface area contributed by atoms with E-state index in [4.69, 9.17) is 14.2 Å². The third-order valence-electron chi connectivity index (χ3n) is 6.96. The molecule has 0 radical (unpaired) electrons. The maximum Gasteiger partial charge on any atom is 0.333 e. The second-order valence-corrected chi connectivity index (χ2v) is 9.70. The van der Waals surface area contributed by atoms with Gasteiger partial charge in [-0.1, -0.05) is 12.7 Å². The molecule has 1 fully saturated rings. The largest absolute Gasteiger partial charge is 0.462 e. The summed E-state index contributed by atoms with van der Waals surface area (Å²) in [5.41, 5.74) is 0.762. The molecule has 0 bridgehead atoms. The number of rotatable bonds is 10. The lowest BCUT2D eigenvalue weighted by Gasteiger charge is -2.35. The van der Waals surface area contributed by atoms with Gasteiger partial charge in [0.2, 0.25) is 0 Å². The van der Waals surface area contributed by atoms with Crippen molar-refractivity contribution >= 4 is 17.9 Å². The number of carbonyl (C=O) groups excluding carboxylic acids is 3. The highest BCUT2D eigenvalue weighted by molar-refractivity contribution is 5.86. The maximum absolute atomic E-state index is 13.6. The Bertz CT molecular complexity index is 1010. The SMILES string of the molecule is C=C(C)C(=O)OCCOC(=O)CCC(=O)O[C@H]1C=CC(C2CCC(c3cc(F)c(F)c(F)c3)CC2)CC1. The Morgan fingerprint density at radius 3 is 2.08 bits per heavy atom. The molecule has 1 aromatic carbocycles. The minimum Gasteiger partial charge on any atom is -0.462 e. The second kappa shape index (κ2) is 13.4. The lowest BCUT2D eigenvalue weighted by Crippen LogP contribution is -2.26. The summed E-state index contributed by atoms with van der Waals surface area (Å²) in [4.78, 5) is 35.1. The first-order valence-corrected chi connectivity index (χ1v) is 12.6. The van der Waals surface area contributed by atoms with Crippen molar-refractivity contribution in [2.45, 2.75) is 70.3 Å². The van der Waals surface area contributed by atoms with Crippen LogP contribution < -0.4 is 0 Å². The minimum atomic E-state index is -1.43. The Kier molecular flexibility index (Phi) is 10.3. The molecule has 0 heterocycles. The van der Waals surface area contributed by atoms with Crippen LogP contribution in [0.4, 0.5) is 13.2 Å². The highest BCUT2D eigenvalue weighted by Crippen LogP contribution is 2.42. The number of carbonyl (C=O) groups is 3. The topological polar surface area (TPSA) is 78.9 Å². The molecule has 3 rings (SSSR count). The number of allylic oxidation sites excluding steroid dienone is 1. The Hall–Kier alpha value is -3.10. The third kappa shape index (κ3) is 8.47. The molecular weight excluding hydrogens is 489 g/mol. The molecule has 9 heteroatoms. The molecule has 1 saturated carbocycles. The molecule has 0 spiro atoms. The second-order valence-electron chi connectivity index (χ2n) is 9.70. The molecule has 0 N–H and O–H groups in total. The normalized spacial score (nSPS) is 23.2. The molecule has 0 aliphatic heterocycles. The molecule has 37 heavy (non-hydrogen) atoms. The van der Waals surface area contributed by atoms with E-state index in [2.05, 4.69) is 12.7 Å². The van der Waals surface area contributed by atoms with E-state index in [0.717, 1.165) is 44.2 Å². The van der Waals surface area contributed by atoms with Gasteiger partial charge in [0.1, 0.15) is 19.3 Å². The summed E-state index contributed by atoms with van der Waals surface area (Å²) in [6, 6.07) is 2.20. The highest BCUT2D eigenvalue weighted by atomic mass is 19.2. The fourth-order valence-electron chi connectivity index (χ4n) is 4.92. The first kappa shape index (κ1) is 28.5. The van der Waals surface area contributed by atoms with Gasteiger partial charge in [-0.15, -0.1) is 0 Å². The van der Waals surface area contributed by atoms with Crippen LogP contribution in [-0.2, 0) is 28.6 Å². The summed E-state index contributed by atoms with van der Waals surface area (Å²) < 4.78 is 55.6. The van der Waals surface area contributed by atoms with E-state index >= 15 is 0 Å². The maximum atomic E-state index is 13.6.